The Kier molecular flexibility index (Phi) is 6.10. The fourth-order valence-electron chi connectivity index (χ4n) is 2.63. The lowest BCUT2D eigenvalue weighted by Crippen LogP contribution is -3.28. The maximum Gasteiger partial charge on any atom is 0.137 e. The van der Waals surface area contributed by atoms with Crippen molar-refractivity contribution in [1.29, 1.82) is 0 Å². The number of likely N-dealkylation sites (N-methyl/N-ethyl adjacent to an activating group) is 1. The highest BCUT2D eigenvalue weighted by atomic mass is 35.5. The molecule has 4 nitrogen and oxygen atoms in total. The van der Waals surface area contributed by atoms with Crippen LogP contribution in [0.2, 0.25) is 5.02 Å². The number of hydrogen-bond acceptors (Lipinski definition) is 2. The third kappa shape index (κ3) is 4.94. The van der Waals surface area contributed by atoms with Gasteiger partial charge in [0.1, 0.15) is 51.2 Å². The first-order valence-corrected chi connectivity index (χ1v) is 7.78. The summed E-state index contributed by atoms with van der Waals surface area (Å²) >= 11 is 5.82. The molecule has 1 atom stereocenters. The Bertz CT molecular complexity index is 391. The molecule has 0 bridgehead atoms. The summed E-state index contributed by atoms with van der Waals surface area (Å²) in [5, 5.41) is 10.8. The molecule has 112 valence electrons. The van der Waals surface area contributed by atoms with Crippen molar-refractivity contribution in [3.8, 4) is 5.75 Å². The predicted octanol–water partition coefficient (Wildman–Crippen LogP) is -1.12. The number of aliphatic hydroxyl groups is 1. The molecule has 0 spiro atoms. The summed E-state index contributed by atoms with van der Waals surface area (Å²) in [6.45, 7) is 9.24. The first-order valence-electron chi connectivity index (χ1n) is 7.41. The van der Waals surface area contributed by atoms with E-state index in [-0.39, 0.29) is 0 Å². The first-order chi connectivity index (χ1) is 9.67. The summed E-state index contributed by atoms with van der Waals surface area (Å²) in [6.07, 6.45) is -0.413. The van der Waals surface area contributed by atoms with E-state index in [4.69, 9.17) is 16.3 Å². The zero-order valence-corrected chi connectivity index (χ0v) is 12.8. The molecule has 0 unspecified atom stereocenters. The molecular formula is C15H25ClN2O2+2. The molecule has 1 aliphatic heterocycles. The SMILES string of the molecule is CC[NH+]1CC[NH+](C[C@H](O)COc2ccc(Cl)cc2)CC1. The fourth-order valence-corrected chi connectivity index (χ4v) is 2.76. The third-order valence-corrected chi connectivity index (χ3v) is 4.20. The van der Waals surface area contributed by atoms with Gasteiger partial charge in [-0.25, -0.2) is 0 Å². The van der Waals surface area contributed by atoms with E-state index in [9.17, 15) is 5.11 Å². The van der Waals surface area contributed by atoms with Crippen molar-refractivity contribution >= 4 is 11.6 Å². The second-order valence-corrected chi connectivity index (χ2v) is 5.91. The number of hydrogen-bond donors (Lipinski definition) is 3. The molecule has 1 saturated heterocycles. The molecule has 1 fully saturated rings. The molecule has 1 heterocycles. The Hall–Kier alpha value is -0.810. The van der Waals surface area contributed by atoms with Gasteiger partial charge in [0.2, 0.25) is 0 Å². The van der Waals surface area contributed by atoms with E-state index in [1.807, 2.05) is 12.1 Å². The summed E-state index contributed by atoms with van der Waals surface area (Å²) in [6, 6.07) is 7.24. The molecule has 0 radical (unpaired) electrons. The lowest BCUT2D eigenvalue weighted by Gasteiger charge is -2.30. The van der Waals surface area contributed by atoms with Crippen molar-refractivity contribution in [1.82, 2.24) is 0 Å². The fraction of sp³-hybridized carbons (Fsp3) is 0.600. The van der Waals surface area contributed by atoms with Gasteiger partial charge in [-0.1, -0.05) is 11.6 Å². The van der Waals surface area contributed by atoms with Crippen molar-refractivity contribution in [2.75, 3.05) is 45.9 Å². The van der Waals surface area contributed by atoms with Gasteiger partial charge in [0.15, 0.2) is 0 Å². The van der Waals surface area contributed by atoms with Gasteiger partial charge in [-0.05, 0) is 31.2 Å². The summed E-state index contributed by atoms with van der Waals surface area (Å²) in [5.74, 6) is 0.753. The Labute approximate surface area is 125 Å². The van der Waals surface area contributed by atoms with E-state index in [0.717, 1.165) is 25.4 Å². The van der Waals surface area contributed by atoms with E-state index in [2.05, 4.69) is 6.92 Å². The molecule has 1 aliphatic rings. The standard InChI is InChI=1S/C15H23ClN2O2/c1-2-17-7-9-18(10-8-17)11-14(19)12-20-15-5-3-13(16)4-6-15/h3-6,14,19H,2,7-12H2,1H3/p+2/t14-/m0/s1. The molecular weight excluding hydrogens is 276 g/mol. The van der Waals surface area contributed by atoms with Crippen LogP contribution in [0.5, 0.6) is 5.75 Å². The number of rotatable bonds is 6. The van der Waals surface area contributed by atoms with Crippen LogP contribution in [0.3, 0.4) is 0 Å². The van der Waals surface area contributed by atoms with E-state index in [1.54, 1.807) is 17.0 Å². The second kappa shape index (κ2) is 7.84. The molecule has 0 amide bonds. The smallest absolute Gasteiger partial charge is 0.137 e. The van der Waals surface area contributed by atoms with Crippen molar-refractivity contribution in [3.63, 3.8) is 0 Å². The quantitative estimate of drug-likeness (QED) is 0.623. The number of benzene rings is 1. The number of aliphatic hydroxyl groups excluding tert-OH is 1. The van der Waals surface area contributed by atoms with Crippen LogP contribution in [0.25, 0.3) is 0 Å². The van der Waals surface area contributed by atoms with E-state index >= 15 is 0 Å². The molecule has 2 rings (SSSR count). The van der Waals surface area contributed by atoms with Crippen LogP contribution in [0.15, 0.2) is 24.3 Å². The maximum absolute atomic E-state index is 10.1. The highest BCUT2D eigenvalue weighted by Crippen LogP contribution is 2.15. The molecule has 0 saturated carbocycles. The number of piperazine rings is 1. The van der Waals surface area contributed by atoms with Gasteiger partial charge in [-0.3, -0.25) is 0 Å². The van der Waals surface area contributed by atoms with Crippen LogP contribution in [0, 0.1) is 0 Å². The van der Waals surface area contributed by atoms with Gasteiger partial charge in [0, 0.05) is 5.02 Å². The minimum atomic E-state index is -0.413. The topological polar surface area (TPSA) is 38.3 Å². The number of halogens is 1. The third-order valence-electron chi connectivity index (χ3n) is 3.94. The average Bonchev–Trinajstić information content (AvgIpc) is 2.47. The van der Waals surface area contributed by atoms with Crippen molar-refractivity contribution in [3.05, 3.63) is 29.3 Å². The molecule has 0 aromatic heterocycles. The Balaban J connectivity index is 1.68. The molecule has 1 aromatic carbocycles. The van der Waals surface area contributed by atoms with Crippen LogP contribution < -0.4 is 14.5 Å². The zero-order valence-electron chi connectivity index (χ0n) is 12.1. The maximum atomic E-state index is 10.1. The summed E-state index contributed by atoms with van der Waals surface area (Å²) < 4.78 is 5.58. The minimum Gasteiger partial charge on any atom is -0.491 e. The van der Waals surface area contributed by atoms with Gasteiger partial charge in [-0.15, -0.1) is 0 Å². The van der Waals surface area contributed by atoms with Crippen LogP contribution in [-0.4, -0.2) is 57.1 Å². The number of ether oxygens (including phenoxy) is 1. The molecule has 0 aliphatic carbocycles. The van der Waals surface area contributed by atoms with Crippen LogP contribution in [-0.2, 0) is 0 Å². The van der Waals surface area contributed by atoms with Crippen molar-refractivity contribution < 1.29 is 19.6 Å². The first kappa shape index (κ1) is 15.6. The van der Waals surface area contributed by atoms with Gasteiger partial charge in [0.05, 0.1) is 6.54 Å². The molecule has 5 heteroatoms. The Morgan fingerprint density at radius 1 is 1.15 bits per heavy atom. The monoisotopic (exact) mass is 300 g/mol. The van der Waals surface area contributed by atoms with Gasteiger partial charge in [0.25, 0.3) is 0 Å². The van der Waals surface area contributed by atoms with Crippen molar-refractivity contribution in [2.24, 2.45) is 0 Å². The van der Waals surface area contributed by atoms with E-state index in [1.165, 1.54) is 24.5 Å². The highest BCUT2D eigenvalue weighted by molar-refractivity contribution is 6.30. The average molecular weight is 301 g/mol. The predicted molar refractivity (Wildman–Crippen MR) is 79.8 cm³/mol. The van der Waals surface area contributed by atoms with Gasteiger partial charge >= 0.3 is 0 Å². The minimum absolute atomic E-state index is 0.343. The van der Waals surface area contributed by atoms with Gasteiger partial charge < -0.3 is 19.6 Å². The summed E-state index contributed by atoms with van der Waals surface area (Å²) in [5.41, 5.74) is 0. The van der Waals surface area contributed by atoms with Gasteiger partial charge in [-0.2, -0.15) is 0 Å². The number of quaternary nitrogens is 2. The van der Waals surface area contributed by atoms with Crippen molar-refractivity contribution in [2.45, 2.75) is 13.0 Å². The lowest BCUT2D eigenvalue weighted by atomic mass is 10.2. The Morgan fingerprint density at radius 3 is 2.35 bits per heavy atom. The summed E-state index contributed by atoms with van der Waals surface area (Å²) in [4.78, 5) is 3.15. The number of nitrogens with one attached hydrogen (secondary N) is 2. The van der Waals surface area contributed by atoms with Crippen LogP contribution in [0.1, 0.15) is 6.92 Å². The highest BCUT2D eigenvalue weighted by Gasteiger charge is 2.23. The normalized spacial score (nSPS) is 24.4. The largest absolute Gasteiger partial charge is 0.491 e. The molecule has 20 heavy (non-hydrogen) atoms. The zero-order chi connectivity index (χ0) is 14.4. The van der Waals surface area contributed by atoms with Crippen LogP contribution >= 0.6 is 11.6 Å². The lowest BCUT2D eigenvalue weighted by molar-refractivity contribution is -1.01. The van der Waals surface area contributed by atoms with E-state index in [0.29, 0.717) is 11.6 Å². The molecule has 1 aromatic rings. The Morgan fingerprint density at radius 2 is 1.75 bits per heavy atom. The summed E-state index contributed by atoms with van der Waals surface area (Å²) in [7, 11) is 0. The van der Waals surface area contributed by atoms with Crippen LogP contribution in [0.4, 0.5) is 0 Å². The van der Waals surface area contributed by atoms with E-state index < -0.39 is 6.10 Å². The molecule has 3 N–H and O–H groups in total. The second-order valence-electron chi connectivity index (χ2n) is 5.48.